The Morgan fingerprint density at radius 3 is 2.06 bits per heavy atom. The van der Waals surface area contributed by atoms with E-state index in [1.807, 2.05) is 31.2 Å². The summed E-state index contributed by atoms with van der Waals surface area (Å²) < 4.78 is 8.87. The normalized spacial score (nSPS) is 11.8. The molecule has 0 amide bonds. The summed E-state index contributed by atoms with van der Waals surface area (Å²) in [6, 6.07) is 47.2. The van der Waals surface area contributed by atoms with E-state index >= 15 is 0 Å². The van der Waals surface area contributed by atoms with Gasteiger partial charge in [0.25, 0.3) is 0 Å². The second-order valence-corrected chi connectivity index (χ2v) is 23.8. The SMILES string of the molecule is CC(C)Cc1cc(-c2[c-]cccc2)ncc1[Si](C)(C)C.Cc1ccc2c(n1)oc1c(-c3nc4ccccc4n3-c3c(C(C)C)cc(-c4ccccc4)cc3C(C)C)[c-]cc(C)c12.[Ir]. The summed E-state index contributed by atoms with van der Waals surface area (Å²) in [5.74, 6) is 2.07. The summed E-state index contributed by atoms with van der Waals surface area (Å²) in [5, 5.41) is 3.58. The summed E-state index contributed by atoms with van der Waals surface area (Å²) >= 11 is 0. The van der Waals surface area contributed by atoms with Gasteiger partial charge in [0.15, 0.2) is 0 Å². The molecule has 0 spiro atoms. The Labute approximate surface area is 388 Å². The first-order chi connectivity index (χ1) is 29.7. The van der Waals surface area contributed by atoms with Crippen molar-refractivity contribution >= 4 is 46.4 Å². The van der Waals surface area contributed by atoms with Crippen molar-refractivity contribution in [2.24, 2.45) is 5.92 Å². The van der Waals surface area contributed by atoms with Crippen LogP contribution in [0.5, 0.6) is 0 Å². The van der Waals surface area contributed by atoms with E-state index in [4.69, 9.17) is 14.4 Å². The predicted octanol–water partition coefficient (Wildman–Crippen LogP) is 14.6. The molecule has 0 saturated heterocycles. The van der Waals surface area contributed by atoms with Gasteiger partial charge in [-0.05, 0) is 101 Å². The van der Waals surface area contributed by atoms with Crippen molar-refractivity contribution in [3.8, 4) is 39.5 Å². The van der Waals surface area contributed by atoms with E-state index in [2.05, 4.69) is 187 Å². The molecule has 0 atom stereocenters. The third-order valence-electron chi connectivity index (χ3n) is 11.7. The molecular weight excluding hydrogens is 965 g/mol. The molecule has 0 unspecified atom stereocenters. The summed E-state index contributed by atoms with van der Waals surface area (Å²) in [6.07, 6.45) is 3.24. The number of aryl methyl sites for hydroxylation is 2. The molecule has 4 aromatic heterocycles. The molecule has 0 aliphatic rings. The molecule has 9 aromatic rings. The number of hydrogen-bond donors (Lipinski definition) is 0. The van der Waals surface area contributed by atoms with Crippen molar-refractivity contribution in [2.75, 3.05) is 0 Å². The molecule has 1 radical (unpaired) electrons. The summed E-state index contributed by atoms with van der Waals surface area (Å²) in [5.41, 5.74) is 16.1. The number of benzene rings is 5. The van der Waals surface area contributed by atoms with Crippen LogP contribution in [-0.4, -0.2) is 27.6 Å². The van der Waals surface area contributed by atoms with Gasteiger partial charge in [-0.25, -0.2) is 4.98 Å². The average Bonchev–Trinajstić information content (AvgIpc) is 3.82. The maximum atomic E-state index is 6.52. The van der Waals surface area contributed by atoms with Gasteiger partial charge in [-0.2, -0.15) is 0 Å². The predicted molar refractivity (Wildman–Crippen MR) is 264 cm³/mol. The minimum atomic E-state index is -1.34. The number of nitrogens with zero attached hydrogens (tertiary/aromatic N) is 4. The van der Waals surface area contributed by atoms with Crippen LogP contribution in [0.1, 0.15) is 81.3 Å². The fourth-order valence-electron chi connectivity index (χ4n) is 8.64. The third-order valence-corrected chi connectivity index (χ3v) is 13.8. The maximum absolute atomic E-state index is 6.52. The standard InChI is InChI=1S/C38H34N3O.C18H24NSi.Ir/c1-22(2)30-20-27(26-12-8-7-9-13-26)21-31(23(3)4)35(30)41-33-15-11-10-14-32(33)40-37(41)29-18-16-24(5)34-28-19-17-25(6)39-38(28)42-36(29)34;1-14(2)11-16-12-17(15-9-7-6-8-10-15)19-13-18(16)20(3,4)5;/h7-17,19-23H,1-6H3;6-9,12-14H,11H2,1-5H3;/q2*-1;. The Morgan fingerprint density at radius 1 is 0.730 bits per heavy atom. The van der Waals surface area contributed by atoms with Crippen LogP contribution in [0.25, 0.3) is 72.6 Å². The molecule has 9 rings (SSSR count). The smallest absolute Gasteiger partial charge is 0.216 e. The van der Waals surface area contributed by atoms with Crippen molar-refractivity contribution in [3.63, 3.8) is 0 Å². The Balaban J connectivity index is 0.000000239. The Bertz CT molecular complexity index is 3000. The first kappa shape index (κ1) is 45.6. The number of para-hydroxylation sites is 2. The van der Waals surface area contributed by atoms with Crippen LogP contribution in [0.2, 0.25) is 19.6 Å². The van der Waals surface area contributed by atoms with Crippen LogP contribution in [0, 0.1) is 31.9 Å². The first-order valence-electron chi connectivity index (χ1n) is 22.1. The van der Waals surface area contributed by atoms with Gasteiger partial charge in [0.1, 0.15) is 0 Å². The van der Waals surface area contributed by atoms with E-state index in [0.29, 0.717) is 11.6 Å². The van der Waals surface area contributed by atoms with Gasteiger partial charge >= 0.3 is 0 Å². The summed E-state index contributed by atoms with van der Waals surface area (Å²) in [7, 11) is -1.34. The molecule has 63 heavy (non-hydrogen) atoms. The zero-order chi connectivity index (χ0) is 43.9. The number of fused-ring (bicyclic) bond motifs is 4. The van der Waals surface area contributed by atoms with Crippen molar-refractivity contribution < 1.29 is 24.5 Å². The molecule has 7 heteroatoms. The van der Waals surface area contributed by atoms with Crippen molar-refractivity contribution in [2.45, 2.75) is 93.3 Å². The number of furan rings is 1. The van der Waals surface area contributed by atoms with Gasteiger partial charge in [0.2, 0.25) is 5.71 Å². The van der Waals surface area contributed by atoms with E-state index in [-0.39, 0.29) is 31.9 Å². The number of imidazole rings is 1. The summed E-state index contributed by atoms with van der Waals surface area (Å²) in [4.78, 5) is 14.7. The van der Waals surface area contributed by atoms with Crippen LogP contribution < -0.4 is 5.19 Å². The summed E-state index contributed by atoms with van der Waals surface area (Å²) in [6.45, 7) is 24.9. The first-order valence-corrected chi connectivity index (χ1v) is 25.6. The molecule has 4 heterocycles. The Hall–Kier alpha value is -5.46. The molecular formula is C56H58IrN4OSi-2. The van der Waals surface area contributed by atoms with Crippen LogP contribution in [0.4, 0.5) is 0 Å². The van der Waals surface area contributed by atoms with E-state index < -0.39 is 8.07 Å². The number of rotatable bonds is 9. The monoisotopic (exact) mass is 1020 g/mol. The third kappa shape index (κ3) is 9.29. The molecule has 5 aromatic carbocycles. The van der Waals surface area contributed by atoms with E-state index in [9.17, 15) is 0 Å². The molecule has 0 fully saturated rings. The molecule has 0 N–H and O–H groups in total. The van der Waals surface area contributed by atoms with E-state index in [0.717, 1.165) is 67.7 Å². The topological polar surface area (TPSA) is 56.7 Å². The minimum absolute atomic E-state index is 0. The van der Waals surface area contributed by atoms with Crippen LogP contribution in [0.15, 0.2) is 126 Å². The fraction of sp³-hybridized carbons (Fsp3) is 0.268. The van der Waals surface area contributed by atoms with Crippen molar-refractivity contribution in [3.05, 3.63) is 162 Å². The van der Waals surface area contributed by atoms with Crippen LogP contribution >= 0.6 is 0 Å². The Morgan fingerprint density at radius 2 is 1.41 bits per heavy atom. The van der Waals surface area contributed by atoms with Gasteiger partial charge < -0.3 is 14.0 Å². The maximum Gasteiger partial charge on any atom is 0.216 e. The van der Waals surface area contributed by atoms with E-state index in [1.54, 1.807) is 0 Å². The quantitative estimate of drug-likeness (QED) is 0.107. The van der Waals surface area contributed by atoms with Gasteiger partial charge in [0, 0.05) is 43.1 Å². The van der Waals surface area contributed by atoms with Gasteiger partial charge in [0.05, 0.1) is 30.5 Å². The molecule has 0 aliphatic heterocycles. The fourth-order valence-corrected chi connectivity index (χ4v) is 10.2. The molecule has 0 aliphatic carbocycles. The van der Waals surface area contributed by atoms with Gasteiger partial charge in [-0.3, -0.25) is 4.98 Å². The second-order valence-electron chi connectivity index (χ2n) is 18.7. The zero-order valence-corrected chi connectivity index (χ0v) is 41.9. The zero-order valence-electron chi connectivity index (χ0n) is 38.5. The largest absolute Gasteiger partial charge is 0.486 e. The van der Waals surface area contributed by atoms with Gasteiger partial charge in [-0.1, -0.05) is 133 Å². The molecule has 0 saturated carbocycles. The van der Waals surface area contributed by atoms with Crippen molar-refractivity contribution in [1.82, 2.24) is 19.5 Å². The number of aromatic nitrogens is 4. The van der Waals surface area contributed by atoms with Crippen LogP contribution in [-0.2, 0) is 26.5 Å². The second kappa shape index (κ2) is 18.7. The number of pyridine rings is 2. The number of hydrogen-bond acceptors (Lipinski definition) is 4. The Kier molecular flexibility index (Phi) is 13.5. The van der Waals surface area contributed by atoms with Crippen LogP contribution in [0.3, 0.4) is 0 Å². The average molecular weight is 1020 g/mol. The molecule has 323 valence electrons. The molecule has 0 bridgehead atoms. The van der Waals surface area contributed by atoms with Crippen molar-refractivity contribution in [1.29, 1.82) is 0 Å². The van der Waals surface area contributed by atoms with Gasteiger partial charge in [-0.15, -0.1) is 53.6 Å². The minimum Gasteiger partial charge on any atom is -0.486 e. The molecule has 5 nitrogen and oxygen atoms in total. The van der Waals surface area contributed by atoms with E-state index in [1.165, 1.54) is 38.7 Å².